The summed E-state index contributed by atoms with van der Waals surface area (Å²) < 4.78 is 0. The predicted octanol–water partition coefficient (Wildman–Crippen LogP) is 3.66. The molecule has 1 aliphatic rings. The maximum atomic E-state index is 12.4. The number of hydrogen-bond donors (Lipinski definition) is 2. The van der Waals surface area contributed by atoms with Crippen LogP contribution in [0.3, 0.4) is 0 Å². The van der Waals surface area contributed by atoms with Gasteiger partial charge in [-0.2, -0.15) is 0 Å². The summed E-state index contributed by atoms with van der Waals surface area (Å²) in [6, 6.07) is 7.94. The fraction of sp³-hybridized carbons (Fsp3) is 0.632. The SMILES string of the molecule is CC(CC(=O)Nc1ccccc1N1CCC(O)CC1)C(C)(C)C. The molecule has 1 atom stereocenters. The summed E-state index contributed by atoms with van der Waals surface area (Å²) in [6.07, 6.45) is 1.89. The van der Waals surface area contributed by atoms with E-state index in [1.54, 1.807) is 0 Å². The lowest BCUT2D eigenvalue weighted by atomic mass is 9.80. The highest BCUT2D eigenvalue weighted by atomic mass is 16.3. The van der Waals surface area contributed by atoms with Gasteiger partial charge in [0.1, 0.15) is 0 Å². The molecule has 0 radical (unpaired) electrons. The van der Waals surface area contributed by atoms with Crippen molar-refractivity contribution in [1.29, 1.82) is 0 Å². The molecule has 0 bridgehead atoms. The molecule has 1 aromatic carbocycles. The molecule has 0 aromatic heterocycles. The highest BCUT2D eigenvalue weighted by Crippen LogP contribution is 2.31. The lowest BCUT2D eigenvalue weighted by Crippen LogP contribution is -2.36. The third-order valence-corrected chi connectivity index (χ3v) is 4.95. The first-order chi connectivity index (χ1) is 10.8. The van der Waals surface area contributed by atoms with Gasteiger partial charge in [-0.05, 0) is 36.3 Å². The van der Waals surface area contributed by atoms with Gasteiger partial charge in [0.2, 0.25) is 5.91 Å². The number of aliphatic hydroxyl groups excluding tert-OH is 1. The quantitative estimate of drug-likeness (QED) is 0.891. The van der Waals surface area contributed by atoms with Crippen LogP contribution < -0.4 is 10.2 Å². The summed E-state index contributed by atoms with van der Waals surface area (Å²) in [5, 5.41) is 12.7. The summed E-state index contributed by atoms with van der Waals surface area (Å²) >= 11 is 0. The second-order valence-corrected chi connectivity index (χ2v) is 7.75. The summed E-state index contributed by atoms with van der Waals surface area (Å²) in [6.45, 7) is 10.3. The monoisotopic (exact) mass is 318 g/mol. The molecule has 2 rings (SSSR count). The number of aliphatic hydroxyl groups is 1. The van der Waals surface area contributed by atoms with Crippen LogP contribution in [-0.4, -0.2) is 30.2 Å². The van der Waals surface area contributed by atoms with Gasteiger partial charge in [0.05, 0.1) is 17.5 Å². The standard InChI is InChI=1S/C19H30N2O2/c1-14(19(2,3)4)13-18(23)20-16-7-5-6-8-17(16)21-11-9-15(22)10-12-21/h5-8,14-15,22H,9-13H2,1-4H3,(H,20,23). The lowest BCUT2D eigenvalue weighted by Gasteiger charge is -2.33. The first-order valence-electron chi connectivity index (χ1n) is 8.59. The second kappa shape index (κ2) is 7.35. The maximum absolute atomic E-state index is 12.4. The van der Waals surface area contributed by atoms with Crippen molar-refractivity contribution in [2.24, 2.45) is 11.3 Å². The van der Waals surface area contributed by atoms with Crippen molar-refractivity contribution in [2.45, 2.75) is 53.1 Å². The van der Waals surface area contributed by atoms with Crippen LogP contribution in [0.4, 0.5) is 11.4 Å². The Kier molecular flexibility index (Phi) is 5.69. The second-order valence-electron chi connectivity index (χ2n) is 7.75. The number of para-hydroxylation sites is 2. The topological polar surface area (TPSA) is 52.6 Å². The minimum Gasteiger partial charge on any atom is -0.393 e. The van der Waals surface area contributed by atoms with Gasteiger partial charge in [-0.3, -0.25) is 4.79 Å². The molecule has 1 amide bonds. The van der Waals surface area contributed by atoms with E-state index in [-0.39, 0.29) is 17.4 Å². The van der Waals surface area contributed by atoms with Crippen LogP contribution in [0.1, 0.15) is 47.0 Å². The van der Waals surface area contributed by atoms with Gasteiger partial charge in [-0.15, -0.1) is 0 Å². The van der Waals surface area contributed by atoms with Crippen molar-refractivity contribution >= 4 is 17.3 Å². The molecule has 0 spiro atoms. The van der Waals surface area contributed by atoms with Crippen LogP contribution in [0.2, 0.25) is 0 Å². The Morgan fingerprint density at radius 2 is 1.91 bits per heavy atom. The Balaban J connectivity index is 2.04. The number of hydrogen-bond acceptors (Lipinski definition) is 3. The predicted molar refractivity (Wildman–Crippen MR) is 95.8 cm³/mol. The van der Waals surface area contributed by atoms with E-state index in [1.165, 1.54) is 0 Å². The molecule has 1 fully saturated rings. The highest BCUT2D eigenvalue weighted by molar-refractivity contribution is 5.94. The van der Waals surface area contributed by atoms with Gasteiger partial charge in [-0.1, -0.05) is 39.8 Å². The number of benzene rings is 1. The number of anilines is 2. The minimum absolute atomic E-state index is 0.0666. The van der Waals surface area contributed by atoms with Gasteiger partial charge >= 0.3 is 0 Å². The van der Waals surface area contributed by atoms with Crippen LogP contribution in [-0.2, 0) is 4.79 Å². The molecular formula is C19H30N2O2. The molecule has 128 valence electrons. The van der Waals surface area contributed by atoms with Crippen molar-refractivity contribution in [3.63, 3.8) is 0 Å². The normalized spacial score (nSPS) is 17.9. The van der Waals surface area contributed by atoms with E-state index in [0.29, 0.717) is 12.3 Å². The number of amides is 1. The number of carbonyl (C=O) groups is 1. The number of nitrogens with one attached hydrogen (secondary N) is 1. The summed E-state index contributed by atoms with van der Waals surface area (Å²) in [5.41, 5.74) is 2.05. The molecule has 1 saturated heterocycles. The Morgan fingerprint density at radius 1 is 1.30 bits per heavy atom. The van der Waals surface area contributed by atoms with Gasteiger partial charge in [0, 0.05) is 19.5 Å². The molecule has 1 aromatic rings. The summed E-state index contributed by atoms with van der Waals surface area (Å²) in [7, 11) is 0. The number of piperidine rings is 1. The van der Waals surface area contributed by atoms with Crippen molar-refractivity contribution in [1.82, 2.24) is 0 Å². The highest BCUT2D eigenvalue weighted by Gasteiger charge is 2.24. The van der Waals surface area contributed by atoms with Crippen molar-refractivity contribution in [3.05, 3.63) is 24.3 Å². The Morgan fingerprint density at radius 3 is 2.52 bits per heavy atom. The third-order valence-electron chi connectivity index (χ3n) is 4.95. The Bertz CT molecular complexity index is 528. The van der Waals surface area contributed by atoms with E-state index in [0.717, 1.165) is 37.3 Å². The van der Waals surface area contributed by atoms with Gasteiger partial charge < -0.3 is 15.3 Å². The maximum Gasteiger partial charge on any atom is 0.224 e. The zero-order valence-electron chi connectivity index (χ0n) is 14.8. The van der Waals surface area contributed by atoms with Crippen LogP contribution >= 0.6 is 0 Å². The molecule has 0 saturated carbocycles. The lowest BCUT2D eigenvalue weighted by molar-refractivity contribution is -0.117. The minimum atomic E-state index is -0.194. The molecule has 1 heterocycles. The summed E-state index contributed by atoms with van der Waals surface area (Å²) in [4.78, 5) is 14.6. The molecule has 2 N–H and O–H groups in total. The van der Waals surface area contributed by atoms with E-state index in [4.69, 9.17) is 0 Å². The Labute approximate surface area is 139 Å². The van der Waals surface area contributed by atoms with Crippen LogP contribution in [0.5, 0.6) is 0 Å². The molecule has 1 unspecified atom stereocenters. The number of rotatable bonds is 4. The number of nitrogens with zero attached hydrogens (tertiary/aromatic N) is 1. The fourth-order valence-electron chi connectivity index (χ4n) is 2.75. The van der Waals surface area contributed by atoms with Crippen molar-refractivity contribution in [3.8, 4) is 0 Å². The number of carbonyl (C=O) groups excluding carboxylic acids is 1. The average molecular weight is 318 g/mol. The molecule has 23 heavy (non-hydrogen) atoms. The molecule has 4 heteroatoms. The van der Waals surface area contributed by atoms with E-state index in [2.05, 4.69) is 37.9 Å². The van der Waals surface area contributed by atoms with Crippen LogP contribution in [0.25, 0.3) is 0 Å². The fourth-order valence-corrected chi connectivity index (χ4v) is 2.75. The third kappa shape index (κ3) is 4.96. The molecular weight excluding hydrogens is 288 g/mol. The first kappa shape index (κ1) is 17.8. The van der Waals surface area contributed by atoms with E-state index >= 15 is 0 Å². The Hall–Kier alpha value is -1.55. The van der Waals surface area contributed by atoms with Crippen LogP contribution in [0, 0.1) is 11.3 Å². The van der Waals surface area contributed by atoms with Crippen molar-refractivity contribution < 1.29 is 9.90 Å². The zero-order valence-corrected chi connectivity index (χ0v) is 14.8. The summed E-state index contributed by atoms with van der Waals surface area (Å²) in [5.74, 6) is 0.386. The average Bonchev–Trinajstić information content (AvgIpc) is 2.47. The molecule has 0 aliphatic carbocycles. The van der Waals surface area contributed by atoms with E-state index < -0.39 is 0 Å². The van der Waals surface area contributed by atoms with E-state index in [9.17, 15) is 9.90 Å². The van der Waals surface area contributed by atoms with Crippen LogP contribution in [0.15, 0.2) is 24.3 Å². The first-order valence-corrected chi connectivity index (χ1v) is 8.59. The van der Waals surface area contributed by atoms with Crippen molar-refractivity contribution in [2.75, 3.05) is 23.3 Å². The van der Waals surface area contributed by atoms with Gasteiger partial charge in [0.15, 0.2) is 0 Å². The molecule has 1 aliphatic heterocycles. The largest absolute Gasteiger partial charge is 0.393 e. The van der Waals surface area contributed by atoms with E-state index in [1.807, 2.05) is 24.3 Å². The molecule has 4 nitrogen and oxygen atoms in total. The van der Waals surface area contributed by atoms with Gasteiger partial charge in [0.25, 0.3) is 0 Å². The smallest absolute Gasteiger partial charge is 0.224 e. The van der Waals surface area contributed by atoms with Gasteiger partial charge in [-0.25, -0.2) is 0 Å². The zero-order chi connectivity index (χ0) is 17.0.